The van der Waals surface area contributed by atoms with Crippen molar-refractivity contribution in [2.24, 2.45) is 5.73 Å². The van der Waals surface area contributed by atoms with Gasteiger partial charge in [-0.3, -0.25) is 4.79 Å². The first-order chi connectivity index (χ1) is 6.56. The van der Waals surface area contributed by atoms with Gasteiger partial charge in [-0.15, -0.1) is 0 Å². The molecule has 6 nitrogen and oxygen atoms in total. The monoisotopic (exact) mass is 204 g/mol. The van der Waals surface area contributed by atoms with Crippen LogP contribution in [0.2, 0.25) is 0 Å². The van der Waals surface area contributed by atoms with Crippen LogP contribution in [0.4, 0.5) is 0 Å². The van der Waals surface area contributed by atoms with E-state index in [1.165, 1.54) is 7.11 Å². The summed E-state index contributed by atoms with van der Waals surface area (Å²) in [4.78, 5) is 21.9. The lowest BCUT2D eigenvalue weighted by atomic mass is 10.2. The molecule has 0 saturated carbocycles. The zero-order valence-corrected chi connectivity index (χ0v) is 8.32. The molecule has 0 radical (unpaired) electrons. The lowest BCUT2D eigenvalue weighted by molar-refractivity contribution is -0.143. The molecule has 0 saturated heterocycles. The molecule has 0 fully saturated rings. The van der Waals surface area contributed by atoms with E-state index in [0.717, 1.165) is 0 Å². The average Bonchev–Trinajstić information content (AvgIpc) is 2.15. The van der Waals surface area contributed by atoms with Gasteiger partial charge >= 0.3 is 5.97 Å². The van der Waals surface area contributed by atoms with E-state index in [4.69, 9.17) is 15.6 Å². The second-order valence-electron chi connectivity index (χ2n) is 2.77. The summed E-state index contributed by atoms with van der Waals surface area (Å²) in [6.45, 7) is 1.70. The van der Waals surface area contributed by atoms with E-state index >= 15 is 0 Å². The Labute approximate surface area is 82.4 Å². The third-order valence-corrected chi connectivity index (χ3v) is 1.81. The van der Waals surface area contributed by atoms with Gasteiger partial charge in [-0.1, -0.05) is 6.92 Å². The van der Waals surface area contributed by atoms with Crippen molar-refractivity contribution < 1.29 is 19.4 Å². The predicted molar refractivity (Wildman–Crippen MR) is 49.7 cm³/mol. The smallest absolute Gasteiger partial charge is 0.326 e. The second-order valence-corrected chi connectivity index (χ2v) is 2.77. The van der Waals surface area contributed by atoms with Gasteiger partial charge in [-0.05, 0) is 6.42 Å². The Morgan fingerprint density at radius 3 is 2.43 bits per heavy atom. The maximum atomic E-state index is 11.3. The summed E-state index contributed by atoms with van der Waals surface area (Å²) in [5, 5.41) is 11.0. The molecule has 6 heteroatoms. The molecule has 0 aromatic carbocycles. The number of carbonyl (C=O) groups excluding carboxylic acids is 1. The summed E-state index contributed by atoms with van der Waals surface area (Å²) in [6.07, 6.45) is -0.467. The van der Waals surface area contributed by atoms with Crippen molar-refractivity contribution in [3.63, 3.8) is 0 Å². The highest BCUT2D eigenvalue weighted by atomic mass is 16.5. The molecule has 0 aromatic heterocycles. The lowest BCUT2D eigenvalue weighted by Gasteiger charge is -2.16. The van der Waals surface area contributed by atoms with Crippen LogP contribution in [0.1, 0.15) is 13.3 Å². The average molecular weight is 204 g/mol. The minimum absolute atomic E-state index is 0.0262. The summed E-state index contributed by atoms with van der Waals surface area (Å²) >= 11 is 0. The fraction of sp³-hybridized carbons (Fsp3) is 0.750. The number of ether oxygens (including phenoxy) is 1. The van der Waals surface area contributed by atoms with E-state index in [2.05, 4.69) is 5.32 Å². The zero-order valence-electron chi connectivity index (χ0n) is 8.32. The highest BCUT2D eigenvalue weighted by molar-refractivity contribution is 5.86. The number of hydrogen-bond acceptors (Lipinski definition) is 4. The van der Waals surface area contributed by atoms with Crippen molar-refractivity contribution in [1.82, 2.24) is 5.32 Å². The highest BCUT2D eigenvalue weighted by Gasteiger charge is 2.22. The molecule has 2 atom stereocenters. The van der Waals surface area contributed by atoms with Crippen molar-refractivity contribution in [2.75, 3.05) is 13.7 Å². The van der Waals surface area contributed by atoms with Crippen LogP contribution >= 0.6 is 0 Å². The molecule has 0 heterocycles. The summed E-state index contributed by atoms with van der Waals surface area (Å²) in [6, 6.07) is -0.883. The van der Waals surface area contributed by atoms with Crippen LogP contribution in [0.3, 0.4) is 0 Å². The van der Waals surface area contributed by atoms with Crippen LogP contribution in [-0.2, 0) is 14.3 Å². The van der Waals surface area contributed by atoms with Gasteiger partial charge in [0.05, 0.1) is 0 Å². The van der Waals surface area contributed by atoms with Crippen LogP contribution in [0.15, 0.2) is 0 Å². The van der Waals surface area contributed by atoms with E-state index < -0.39 is 24.0 Å². The van der Waals surface area contributed by atoms with E-state index in [1.807, 2.05) is 0 Å². The summed E-state index contributed by atoms with van der Waals surface area (Å²) in [7, 11) is 1.35. The Balaban J connectivity index is 4.20. The van der Waals surface area contributed by atoms with Crippen LogP contribution in [-0.4, -0.2) is 42.8 Å². The first kappa shape index (κ1) is 12.9. The van der Waals surface area contributed by atoms with Gasteiger partial charge in [-0.2, -0.15) is 0 Å². The first-order valence-corrected chi connectivity index (χ1v) is 4.32. The molecule has 0 aliphatic carbocycles. The quantitative estimate of drug-likeness (QED) is 0.512. The molecule has 1 unspecified atom stereocenters. The molecule has 0 aliphatic heterocycles. The minimum Gasteiger partial charge on any atom is -0.480 e. The van der Waals surface area contributed by atoms with Crippen molar-refractivity contribution in [3.8, 4) is 0 Å². The Hall–Kier alpha value is -1.14. The van der Waals surface area contributed by atoms with Crippen LogP contribution < -0.4 is 11.1 Å². The third-order valence-electron chi connectivity index (χ3n) is 1.81. The van der Waals surface area contributed by atoms with Gasteiger partial charge < -0.3 is 20.9 Å². The number of aliphatic carboxylic acids is 1. The summed E-state index contributed by atoms with van der Waals surface area (Å²) in [5.74, 6) is -1.56. The number of carboxylic acid groups (broad SMARTS) is 1. The van der Waals surface area contributed by atoms with Crippen molar-refractivity contribution >= 4 is 11.9 Å². The summed E-state index contributed by atoms with van der Waals surface area (Å²) < 4.78 is 4.76. The Bertz CT molecular complexity index is 204. The molecule has 82 valence electrons. The highest BCUT2D eigenvalue weighted by Crippen LogP contribution is 1.94. The number of carboxylic acids is 1. The third kappa shape index (κ3) is 3.71. The minimum atomic E-state index is -1.06. The molecule has 4 N–H and O–H groups in total. The van der Waals surface area contributed by atoms with Crippen molar-refractivity contribution in [2.45, 2.75) is 25.5 Å². The zero-order chi connectivity index (χ0) is 11.1. The lowest BCUT2D eigenvalue weighted by Crippen LogP contribution is -2.47. The van der Waals surface area contributed by atoms with Crippen molar-refractivity contribution in [3.05, 3.63) is 0 Å². The number of amides is 1. The molecule has 0 aromatic rings. The molecular formula is C8H16N2O4. The normalized spacial score (nSPS) is 14.5. The molecule has 1 amide bonds. The topological polar surface area (TPSA) is 102 Å². The number of carbonyl (C=O) groups is 2. The molecule has 14 heavy (non-hydrogen) atoms. The fourth-order valence-corrected chi connectivity index (χ4v) is 0.913. The largest absolute Gasteiger partial charge is 0.480 e. The van der Waals surface area contributed by atoms with E-state index in [1.54, 1.807) is 6.92 Å². The SMILES string of the molecule is CC[C@H](NC(=O)C(CN)OC)C(=O)O. The summed E-state index contributed by atoms with van der Waals surface area (Å²) in [5.41, 5.74) is 5.24. The van der Waals surface area contributed by atoms with Crippen LogP contribution in [0.25, 0.3) is 0 Å². The second kappa shape index (κ2) is 6.33. The van der Waals surface area contributed by atoms with Gasteiger partial charge in [0.15, 0.2) is 0 Å². The van der Waals surface area contributed by atoms with E-state index in [-0.39, 0.29) is 6.54 Å². The Morgan fingerprint density at radius 1 is 1.57 bits per heavy atom. The van der Waals surface area contributed by atoms with E-state index in [0.29, 0.717) is 6.42 Å². The van der Waals surface area contributed by atoms with E-state index in [9.17, 15) is 9.59 Å². The number of hydrogen-bond donors (Lipinski definition) is 3. The fourth-order valence-electron chi connectivity index (χ4n) is 0.913. The maximum Gasteiger partial charge on any atom is 0.326 e. The van der Waals surface area contributed by atoms with Gasteiger partial charge in [0, 0.05) is 13.7 Å². The van der Waals surface area contributed by atoms with Gasteiger partial charge in [0.25, 0.3) is 5.91 Å². The Kier molecular flexibility index (Phi) is 5.82. The van der Waals surface area contributed by atoms with Gasteiger partial charge in [0.1, 0.15) is 12.1 Å². The molecule has 0 rings (SSSR count). The van der Waals surface area contributed by atoms with Gasteiger partial charge in [0.2, 0.25) is 0 Å². The van der Waals surface area contributed by atoms with Gasteiger partial charge in [-0.25, -0.2) is 4.79 Å². The number of methoxy groups -OCH3 is 1. The first-order valence-electron chi connectivity index (χ1n) is 4.32. The number of rotatable bonds is 6. The van der Waals surface area contributed by atoms with Crippen molar-refractivity contribution in [1.29, 1.82) is 0 Å². The van der Waals surface area contributed by atoms with Crippen LogP contribution in [0.5, 0.6) is 0 Å². The Morgan fingerprint density at radius 2 is 2.14 bits per heavy atom. The standard InChI is InChI=1S/C8H16N2O4/c1-3-5(8(12)13)10-7(11)6(4-9)14-2/h5-6H,3-4,9H2,1-2H3,(H,10,11)(H,12,13)/t5-,6?/m0/s1. The maximum absolute atomic E-state index is 11.3. The molecule has 0 spiro atoms. The molecule has 0 aliphatic rings. The predicted octanol–water partition coefficient (Wildman–Crippen LogP) is -1.06. The number of nitrogens with two attached hydrogens (primary N) is 1. The molecular weight excluding hydrogens is 188 g/mol. The van der Waals surface area contributed by atoms with Crippen LogP contribution in [0, 0.1) is 0 Å². The molecule has 0 bridgehead atoms. The number of nitrogens with one attached hydrogen (secondary N) is 1.